The fraction of sp³-hybridized carbons (Fsp3) is 0.350. The molecule has 0 aliphatic carbocycles. The van der Waals surface area contributed by atoms with Gasteiger partial charge in [-0.15, -0.1) is 0 Å². The topological polar surface area (TPSA) is 88.8 Å². The van der Waals surface area contributed by atoms with Gasteiger partial charge in [0.25, 0.3) is 0 Å². The van der Waals surface area contributed by atoms with E-state index in [4.69, 9.17) is 4.74 Å². The third kappa shape index (κ3) is 3.45. The standard InChI is InChI=1S/C20H24N4O3/c1-6-16(20(25)26)22-17-10-12(3)21-19-18(13(4)23-24(17)19)15-8-7-14(27-5)9-11(15)2/h7-10,16,22H,6H2,1-5H3,(H,25,26). The minimum absolute atomic E-state index is 0.461. The van der Waals surface area contributed by atoms with Crippen molar-refractivity contribution in [3.63, 3.8) is 0 Å². The zero-order chi connectivity index (χ0) is 19.7. The maximum absolute atomic E-state index is 11.4. The monoisotopic (exact) mass is 368 g/mol. The lowest BCUT2D eigenvalue weighted by Gasteiger charge is -2.15. The van der Waals surface area contributed by atoms with Crippen LogP contribution in [-0.4, -0.2) is 38.8 Å². The van der Waals surface area contributed by atoms with Gasteiger partial charge in [-0.1, -0.05) is 13.0 Å². The number of methoxy groups -OCH3 is 1. The molecule has 2 heterocycles. The number of nitrogens with one attached hydrogen (secondary N) is 1. The summed E-state index contributed by atoms with van der Waals surface area (Å²) in [5, 5.41) is 17.1. The van der Waals surface area contributed by atoms with Gasteiger partial charge in [-0.05, 0) is 50.5 Å². The van der Waals surface area contributed by atoms with Crippen molar-refractivity contribution in [1.82, 2.24) is 14.6 Å². The number of aromatic nitrogens is 3. The first-order valence-corrected chi connectivity index (χ1v) is 8.87. The molecular formula is C20H24N4O3. The molecule has 0 saturated heterocycles. The summed E-state index contributed by atoms with van der Waals surface area (Å²) in [5.41, 5.74) is 5.33. The predicted octanol–water partition coefficient (Wildman–Crippen LogP) is 3.61. The van der Waals surface area contributed by atoms with Crippen molar-refractivity contribution in [3.05, 3.63) is 41.2 Å². The predicted molar refractivity (Wildman–Crippen MR) is 105 cm³/mol. The van der Waals surface area contributed by atoms with Crippen LogP contribution in [0, 0.1) is 20.8 Å². The van der Waals surface area contributed by atoms with E-state index in [1.165, 1.54) is 0 Å². The van der Waals surface area contributed by atoms with E-state index in [0.717, 1.165) is 33.8 Å². The maximum atomic E-state index is 11.4. The third-order valence-electron chi connectivity index (χ3n) is 4.62. The molecule has 1 atom stereocenters. The van der Waals surface area contributed by atoms with Gasteiger partial charge in [-0.25, -0.2) is 9.78 Å². The molecule has 7 nitrogen and oxygen atoms in total. The fourth-order valence-electron chi connectivity index (χ4n) is 3.22. The van der Waals surface area contributed by atoms with Crippen molar-refractivity contribution < 1.29 is 14.6 Å². The number of carbonyl (C=O) groups is 1. The Hall–Kier alpha value is -3.09. The molecule has 142 valence electrons. The number of fused-ring (bicyclic) bond motifs is 1. The molecule has 27 heavy (non-hydrogen) atoms. The van der Waals surface area contributed by atoms with E-state index in [2.05, 4.69) is 15.4 Å². The molecular weight excluding hydrogens is 344 g/mol. The van der Waals surface area contributed by atoms with Gasteiger partial charge in [0, 0.05) is 17.3 Å². The summed E-state index contributed by atoms with van der Waals surface area (Å²) in [6.45, 7) is 7.67. The molecule has 0 aliphatic rings. The zero-order valence-electron chi connectivity index (χ0n) is 16.2. The van der Waals surface area contributed by atoms with Crippen LogP contribution in [0.4, 0.5) is 5.82 Å². The molecule has 3 aromatic rings. The normalized spacial score (nSPS) is 12.2. The van der Waals surface area contributed by atoms with Crippen molar-refractivity contribution >= 4 is 17.4 Å². The van der Waals surface area contributed by atoms with Gasteiger partial charge in [-0.2, -0.15) is 9.61 Å². The fourth-order valence-corrected chi connectivity index (χ4v) is 3.22. The van der Waals surface area contributed by atoms with Crippen LogP contribution in [0.1, 0.15) is 30.3 Å². The highest BCUT2D eigenvalue weighted by Gasteiger charge is 2.21. The summed E-state index contributed by atoms with van der Waals surface area (Å²) in [7, 11) is 1.64. The average Bonchev–Trinajstić information content (AvgIpc) is 2.95. The number of carboxylic acids is 1. The number of hydrogen-bond acceptors (Lipinski definition) is 5. The number of ether oxygens (including phenoxy) is 1. The lowest BCUT2D eigenvalue weighted by atomic mass is 10.0. The minimum Gasteiger partial charge on any atom is -0.497 e. The van der Waals surface area contributed by atoms with E-state index in [9.17, 15) is 9.90 Å². The molecule has 0 saturated carbocycles. The number of aryl methyl sites for hydroxylation is 3. The van der Waals surface area contributed by atoms with Gasteiger partial charge >= 0.3 is 5.97 Å². The van der Waals surface area contributed by atoms with Gasteiger partial charge in [-0.3, -0.25) is 0 Å². The number of nitrogens with zero attached hydrogens (tertiary/aromatic N) is 3. The van der Waals surface area contributed by atoms with Crippen molar-refractivity contribution in [1.29, 1.82) is 0 Å². The highest BCUT2D eigenvalue weighted by molar-refractivity contribution is 5.83. The Bertz CT molecular complexity index is 1010. The Kier molecular flexibility index (Phi) is 5.03. The highest BCUT2D eigenvalue weighted by Crippen LogP contribution is 2.33. The summed E-state index contributed by atoms with van der Waals surface area (Å²) in [6, 6.07) is 7.02. The van der Waals surface area contributed by atoms with Gasteiger partial charge in [0.1, 0.15) is 17.6 Å². The van der Waals surface area contributed by atoms with Crippen molar-refractivity contribution in [2.75, 3.05) is 12.4 Å². The second-order valence-corrected chi connectivity index (χ2v) is 6.60. The number of aliphatic carboxylic acids is 1. The molecule has 1 unspecified atom stereocenters. The molecule has 2 aromatic heterocycles. The van der Waals surface area contributed by atoms with E-state index < -0.39 is 12.0 Å². The first kappa shape index (κ1) is 18.7. The lowest BCUT2D eigenvalue weighted by molar-refractivity contribution is -0.137. The number of benzene rings is 1. The van der Waals surface area contributed by atoms with E-state index in [0.29, 0.717) is 17.9 Å². The van der Waals surface area contributed by atoms with Gasteiger partial charge < -0.3 is 15.2 Å². The molecule has 0 fully saturated rings. The number of anilines is 1. The first-order valence-electron chi connectivity index (χ1n) is 8.87. The first-order chi connectivity index (χ1) is 12.8. The largest absolute Gasteiger partial charge is 0.497 e. The smallest absolute Gasteiger partial charge is 0.326 e. The minimum atomic E-state index is -0.893. The Morgan fingerprint density at radius 2 is 2.04 bits per heavy atom. The molecule has 0 radical (unpaired) electrons. The van der Waals surface area contributed by atoms with Crippen LogP contribution in [0.3, 0.4) is 0 Å². The summed E-state index contributed by atoms with van der Waals surface area (Å²) in [5.74, 6) is 0.520. The van der Waals surface area contributed by atoms with Crippen LogP contribution in [0.5, 0.6) is 5.75 Å². The average molecular weight is 368 g/mol. The molecule has 1 aromatic carbocycles. The molecule has 0 amide bonds. The van der Waals surface area contributed by atoms with Crippen LogP contribution in [0.2, 0.25) is 0 Å². The van der Waals surface area contributed by atoms with Gasteiger partial charge in [0.15, 0.2) is 5.65 Å². The van der Waals surface area contributed by atoms with Crippen molar-refractivity contribution in [2.45, 2.75) is 40.2 Å². The third-order valence-corrected chi connectivity index (χ3v) is 4.62. The Labute approximate surface area is 158 Å². The van der Waals surface area contributed by atoms with Crippen LogP contribution in [0.25, 0.3) is 16.8 Å². The number of rotatable bonds is 6. The zero-order valence-corrected chi connectivity index (χ0v) is 16.2. The molecule has 7 heteroatoms. The molecule has 2 N–H and O–H groups in total. The number of carboxylic acid groups (broad SMARTS) is 1. The highest BCUT2D eigenvalue weighted by atomic mass is 16.5. The van der Waals surface area contributed by atoms with Crippen LogP contribution >= 0.6 is 0 Å². The Balaban J connectivity index is 2.19. The Morgan fingerprint density at radius 3 is 2.63 bits per heavy atom. The van der Waals surface area contributed by atoms with Crippen molar-refractivity contribution in [3.8, 4) is 16.9 Å². The maximum Gasteiger partial charge on any atom is 0.326 e. The number of hydrogen-bond donors (Lipinski definition) is 2. The molecule has 0 aliphatic heterocycles. The Morgan fingerprint density at radius 1 is 1.30 bits per heavy atom. The summed E-state index contributed by atoms with van der Waals surface area (Å²) in [6.07, 6.45) is 0.461. The second kappa shape index (κ2) is 7.26. The van der Waals surface area contributed by atoms with E-state index >= 15 is 0 Å². The van der Waals surface area contributed by atoms with E-state index in [1.54, 1.807) is 11.6 Å². The van der Waals surface area contributed by atoms with Crippen LogP contribution in [-0.2, 0) is 4.79 Å². The van der Waals surface area contributed by atoms with Crippen LogP contribution < -0.4 is 10.1 Å². The summed E-state index contributed by atoms with van der Waals surface area (Å²) < 4.78 is 6.99. The van der Waals surface area contributed by atoms with E-state index in [-0.39, 0.29) is 0 Å². The van der Waals surface area contributed by atoms with E-state index in [1.807, 2.05) is 52.0 Å². The summed E-state index contributed by atoms with van der Waals surface area (Å²) in [4.78, 5) is 16.1. The van der Waals surface area contributed by atoms with Gasteiger partial charge in [0.2, 0.25) is 0 Å². The molecule has 0 bridgehead atoms. The summed E-state index contributed by atoms with van der Waals surface area (Å²) >= 11 is 0. The molecule has 0 spiro atoms. The molecule has 3 rings (SSSR count). The van der Waals surface area contributed by atoms with Crippen LogP contribution in [0.15, 0.2) is 24.3 Å². The van der Waals surface area contributed by atoms with Gasteiger partial charge in [0.05, 0.1) is 12.8 Å². The SMILES string of the molecule is CCC(Nc1cc(C)nc2c(-c3ccc(OC)cc3C)c(C)nn12)C(=O)O. The van der Waals surface area contributed by atoms with Crippen molar-refractivity contribution in [2.24, 2.45) is 0 Å². The second-order valence-electron chi connectivity index (χ2n) is 6.60. The quantitative estimate of drug-likeness (QED) is 0.691. The lowest BCUT2D eigenvalue weighted by Crippen LogP contribution is -2.29.